The number of phenols is 1. The normalized spacial score (nSPS) is 10.2. The van der Waals surface area contributed by atoms with Gasteiger partial charge in [-0.15, -0.1) is 0 Å². The first-order valence-corrected chi connectivity index (χ1v) is 6.36. The van der Waals surface area contributed by atoms with Gasteiger partial charge in [-0.2, -0.15) is 0 Å². The van der Waals surface area contributed by atoms with Gasteiger partial charge in [0.15, 0.2) is 11.5 Å². The van der Waals surface area contributed by atoms with Crippen LogP contribution in [0.1, 0.15) is 11.1 Å². The fourth-order valence-corrected chi connectivity index (χ4v) is 2.02. The molecule has 0 spiro atoms. The monoisotopic (exact) mass is 288 g/mol. The topological polar surface area (TPSA) is 84.6 Å². The first-order chi connectivity index (χ1) is 10.0. The minimum atomic E-state index is -0.402. The SMILES string of the molecule is COc1ccc(CNc2ccc([N+](=O)[O-])c(C)c2)cc1O. The summed E-state index contributed by atoms with van der Waals surface area (Å²) in [6, 6.07) is 10.0. The lowest BCUT2D eigenvalue weighted by Gasteiger charge is -2.09. The van der Waals surface area contributed by atoms with Crippen molar-refractivity contribution in [1.29, 1.82) is 0 Å². The van der Waals surface area contributed by atoms with Gasteiger partial charge in [0, 0.05) is 23.9 Å². The van der Waals surface area contributed by atoms with E-state index in [1.807, 2.05) is 6.07 Å². The minimum absolute atomic E-state index is 0.0803. The molecule has 0 atom stereocenters. The first-order valence-electron chi connectivity index (χ1n) is 6.36. The maximum atomic E-state index is 10.8. The van der Waals surface area contributed by atoms with E-state index in [1.165, 1.54) is 13.2 Å². The lowest BCUT2D eigenvalue weighted by molar-refractivity contribution is -0.385. The predicted molar refractivity (Wildman–Crippen MR) is 79.8 cm³/mol. The van der Waals surface area contributed by atoms with E-state index in [-0.39, 0.29) is 11.4 Å². The molecule has 0 bridgehead atoms. The molecule has 0 aliphatic carbocycles. The Hall–Kier alpha value is -2.76. The van der Waals surface area contributed by atoms with Crippen LogP contribution in [0, 0.1) is 17.0 Å². The van der Waals surface area contributed by atoms with Gasteiger partial charge in [-0.05, 0) is 36.8 Å². The molecule has 0 aromatic heterocycles. The van der Waals surface area contributed by atoms with Gasteiger partial charge in [0.1, 0.15) is 0 Å². The summed E-state index contributed by atoms with van der Waals surface area (Å²) in [5.74, 6) is 0.501. The van der Waals surface area contributed by atoms with Crippen LogP contribution in [-0.2, 0) is 6.54 Å². The van der Waals surface area contributed by atoms with Gasteiger partial charge < -0.3 is 15.2 Å². The Bertz CT molecular complexity index is 671. The second-order valence-electron chi connectivity index (χ2n) is 4.62. The number of ether oxygens (including phenoxy) is 1. The van der Waals surface area contributed by atoms with Crippen molar-refractivity contribution >= 4 is 11.4 Å². The van der Waals surface area contributed by atoms with Gasteiger partial charge in [-0.3, -0.25) is 10.1 Å². The molecule has 0 heterocycles. The molecule has 6 nitrogen and oxygen atoms in total. The zero-order valence-corrected chi connectivity index (χ0v) is 11.8. The highest BCUT2D eigenvalue weighted by molar-refractivity contribution is 5.54. The Kier molecular flexibility index (Phi) is 4.27. The molecular weight excluding hydrogens is 272 g/mol. The smallest absolute Gasteiger partial charge is 0.272 e. The molecule has 0 saturated heterocycles. The van der Waals surface area contributed by atoms with Crippen molar-refractivity contribution in [3.05, 3.63) is 57.6 Å². The van der Waals surface area contributed by atoms with E-state index >= 15 is 0 Å². The van der Waals surface area contributed by atoms with Crippen LogP contribution in [0.4, 0.5) is 11.4 Å². The molecule has 0 saturated carbocycles. The number of aryl methyl sites for hydroxylation is 1. The van der Waals surface area contributed by atoms with Gasteiger partial charge >= 0.3 is 0 Å². The van der Waals surface area contributed by atoms with Crippen LogP contribution in [0.3, 0.4) is 0 Å². The number of rotatable bonds is 5. The fourth-order valence-electron chi connectivity index (χ4n) is 2.02. The number of hydrogen-bond acceptors (Lipinski definition) is 5. The van der Waals surface area contributed by atoms with Crippen molar-refractivity contribution < 1.29 is 14.8 Å². The summed E-state index contributed by atoms with van der Waals surface area (Å²) in [4.78, 5) is 10.4. The first kappa shape index (κ1) is 14.6. The summed E-state index contributed by atoms with van der Waals surface area (Å²) >= 11 is 0. The Morgan fingerprint density at radius 1 is 1.29 bits per heavy atom. The average molecular weight is 288 g/mol. The van der Waals surface area contributed by atoms with E-state index in [9.17, 15) is 15.2 Å². The van der Waals surface area contributed by atoms with Gasteiger partial charge in [-0.25, -0.2) is 0 Å². The second kappa shape index (κ2) is 6.13. The molecule has 2 N–H and O–H groups in total. The maximum absolute atomic E-state index is 10.8. The van der Waals surface area contributed by atoms with Crippen molar-refractivity contribution in [2.45, 2.75) is 13.5 Å². The van der Waals surface area contributed by atoms with Crippen molar-refractivity contribution in [3.8, 4) is 11.5 Å². The molecule has 0 aliphatic heterocycles. The lowest BCUT2D eigenvalue weighted by atomic mass is 10.1. The Morgan fingerprint density at radius 3 is 2.62 bits per heavy atom. The number of benzene rings is 2. The zero-order chi connectivity index (χ0) is 15.4. The molecule has 0 fully saturated rings. The van der Waals surface area contributed by atoms with E-state index in [1.54, 1.807) is 31.2 Å². The van der Waals surface area contributed by atoms with Crippen LogP contribution in [0.2, 0.25) is 0 Å². The Labute approximate surface area is 122 Å². The Morgan fingerprint density at radius 2 is 2.05 bits per heavy atom. The van der Waals surface area contributed by atoms with E-state index < -0.39 is 4.92 Å². The van der Waals surface area contributed by atoms with Crippen LogP contribution in [0.15, 0.2) is 36.4 Å². The number of methoxy groups -OCH3 is 1. The largest absolute Gasteiger partial charge is 0.504 e. The standard InChI is InChI=1S/C15H16N2O4/c1-10-7-12(4-5-13(10)17(19)20)16-9-11-3-6-15(21-2)14(18)8-11/h3-8,16,18H,9H2,1-2H3. The van der Waals surface area contributed by atoms with E-state index in [4.69, 9.17) is 4.74 Å². The summed E-state index contributed by atoms with van der Waals surface area (Å²) in [6.07, 6.45) is 0. The molecule has 2 aromatic carbocycles. The third-order valence-corrected chi connectivity index (χ3v) is 3.13. The van der Waals surface area contributed by atoms with E-state index in [2.05, 4.69) is 5.32 Å². The molecule has 0 unspecified atom stereocenters. The lowest BCUT2D eigenvalue weighted by Crippen LogP contribution is -2.00. The summed E-state index contributed by atoms with van der Waals surface area (Å²) in [5.41, 5.74) is 2.36. The molecule has 2 rings (SSSR count). The maximum Gasteiger partial charge on any atom is 0.272 e. The number of anilines is 1. The van der Waals surface area contributed by atoms with Crippen LogP contribution < -0.4 is 10.1 Å². The highest BCUT2D eigenvalue weighted by atomic mass is 16.6. The third-order valence-electron chi connectivity index (χ3n) is 3.13. The van der Waals surface area contributed by atoms with Crippen LogP contribution in [0.25, 0.3) is 0 Å². The molecule has 2 aromatic rings. The van der Waals surface area contributed by atoms with Crippen LogP contribution in [-0.4, -0.2) is 17.1 Å². The minimum Gasteiger partial charge on any atom is -0.504 e. The number of hydrogen-bond donors (Lipinski definition) is 2. The van der Waals surface area contributed by atoms with Crippen LogP contribution >= 0.6 is 0 Å². The van der Waals surface area contributed by atoms with E-state index in [0.29, 0.717) is 17.9 Å². The molecule has 0 aliphatic rings. The number of nitrogens with one attached hydrogen (secondary N) is 1. The van der Waals surface area contributed by atoms with Crippen molar-refractivity contribution in [1.82, 2.24) is 0 Å². The second-order valence-corrected chi connectivity index (χ2v) is 4.62. The van der Waals surface area contributed by atoms with Crippen molar-refractivity contribution in [3.63, 3.8) is 0 Å². The number of nitro benzene ring substituents is 1. The predicted octanol–water partition coefficient (Wildman–Crippen LogP) is 3.23. The highest BCUT2D eigenvalue weighted by Gasteiger charge is 2.10. The van der Waals surface area contributed by atoms with Crippen molar-refractivity contribution in [2.75, 3.05) is 12.4 Å². The van der Waals surface area contributed by atoms with Crippen molar-refractivity contribution in [2.24, 2.45) is 0 Å². The van der Waals surface area contributed by atoms with Crippen LogP contribution in [0.5, 0.6) is 11.5 Å². The molecule has 6 heteroatoms. The number of nitro groups is 1. The number of nitrogens with zero attached hydrogens (tertiary/aromatic N) is 1. The summed E-state index contributed by atoms with van der Waals surface area (Å²) < 4.78 is 4.98. The molecule has 110 valence electrons. The fraction of sp³-hybridized carbons (Fsp3) is 0.200. The Balaban J connectivity index is 2.08. The third kappa shape index (κ3) is 3.42. The molecule has 21 heavy (non-hydrogen) atoms. The highest BCUT2D eigenvalue weighted by Crippen LogP contribution is 2.27. The molecule has 0 amide bonds. The average Bonchev–Trinajstić information content (AvgIpc) is 2.45. The van der Waals surface area contributed by atoms with E-state index in [0.717, 1.165) is 11.3 Å². The van der Waals surface area contributed by atoms with Gasteiger partial charge in [0.05, 0.1) is 12.0 Å². The molecular formula is C15H16N2O4. The number of phenolic OH excluding ortho intramolecular Hbond substituents is 1. The molecule has 0 radical (unpaired) electrons. The summed E-state index contributed by atoms with van der Waals surface area (Å²) in [5, 5.41) is 23.6. The van der Waals surface area contributed by atoms with Gasteiger partial charge in [0.2, 0.25) is 0 Å². The quantitative estimate of drug-likeness (QED) is 0.651. The summed E-state index contributed by atoms with van der Waals surface area (Å²) in [7, 11) is 1.49. The zero-order valence-electron chi connectivity index (χ0n) is 11.8. The summed E-state index contributed by atoms with van der Waals surface area (Å²) in [6.45, 7) is 2.19. The number of aromatic hydroxyl groups is 1. The van der Waals surface area contributed by atoms with Gasteiger partial charge in [0.25, 0.3) is 5.69 Å². The van der Waals surface area contributed by atoms with Gasteiger partial charge in [-0.1, -0.05) is 6.07 Å².